The smallest absolute Gasteiger partial charge is 0.256 e. The molecule has 1 aromatic heterocycles. The van der Waals surface area contributed by atoms with E-state index in [4.69, 9.17) is 0 Å². The van der Waals surface area contributed by atoms with E-state index >= 15 is 0 Å². The van der Waals surface area contributed by atoms with Crippen molar-refractivity contribution in [1.29, 1.82) is 0 Å². The highest BCUT2D eigenvalue weighted by Crippen LogP contribution is 2.27. The van der Waals surface area contributed by atoms with Crippen LogP contribution < -0.4 is 5.32 Å². The van der Waals surface area contributed by atoms with Crippen LogP contribution in [-0.2, 0) is 5.75 Å². The largest absolute Gasteiger partial charge is 0.322 e. The van der Waals surface area contributed by atoms with E-state index in [2.05, 4.69) is 10.3 Å². The summed E-state index contributed by atoms with van der Waals surface area (Å²) in [5, 5.41) is 4.74. The third kappa shape index (κ3) is 4.01. The Morgan fingerprint density at radius 3 is 2.88 bits per heavy atom. The summed E-state index contributed by atoms with van der Waals surface area (Å²) in [6, 6.07) is 12.1. The van der Waals surface area contributed by atoms with Gasteiger partial charge in [0.05, 0.1) is 16.8 Å². The van der Waals surface area contributed by atoms with Crippen molar-refractivity contribution in [2.45, 2.75) is 17.6 Å². The lowest BCUT2D eigenvalue weighted by Crippen LogP contribution is -2.13. The van der Waals surface area contributed by atoms with E-state index in [-0.39, 0.29) is 11.7 Å². The van der Waals surface area contributed by atoms with Crippen molar-refractivity contribution in [2.24, 2.45) is 0 Å². The highest BCUT2D eigenvalue weighted by atomic mass is 32.2. The Bertz CT molecular complexity index is 850. The van der Waals surface area contributed by atoms with Crippen LogP contribution in [0.1, 0.15) is 21.6 Å². The van der Waals surface area contributed by atoms with E-state index < -0.39 is 0 Å². The predicted octanol–water partition coefficient (Wildman–Crippen LogP) is 5.14. The third-order valence-corrected chi connectivity index (χ3v) is 5.16. The average Bonchev–Trinajstić information content (AvgIpc) is 3.10. The molecule has 1 heterocycles. The van der Waals surface area contributed by atoms with E-state index in [1.807, 2.05) is 23.6 Å². The molecule has 0 atom stereocenters. The number of benzene rings is 2. The number of aromatic nitrogens is 1. The molecule has 122 valence electrons. The first-order valence-corrected chi connectivity index (χ1v) is 9.23. The van der Waals surface area contributed by atoms with Gasteiger partial charge in [-0.25, -0.2) is 9.37 Å². The number of nitrogens with zero attached hydrogens (tertiary/aromatic N) is 1. The fraction of sp³-hybridized carbons (Fsp3) is 0.111. The molecule has 0 spiro atoms. The molecule has 3 nitrogen and oxygen atoms in total. The lowest BCUT2D eigenvalue weighted by atomic mass is 10.2. The molecule has 3 aromatic rings. The van der Waals surface area contributed by atoms with Gasteiger partial charge in [0.15, 0.2) is 0 Å². The monoisotopic (exact) mass is 358 g/mol. The van der Waals surface area contributed by atoms with Crippen molar-refractivity contribution in [3.8, 4) is 0 Å². The van der Waals surface area contributed by atoms with Crippen molar-refractivity contribution in [2.75, 3.05) is 5.32 Å². The number of thioether (sulfide) groups is 1. The van der Waals surface area contributed by atoms with Gasteiger partial charge in [0.1, 0.15) is 5.82 Å². The van der Waals surface area contributed by atoms with E-state index in [9.17, 15) is 9.18 Å². The van der Waals surface area contributed by atoms with Crippen molar-refractivity contribution in [3.05, 3.63) is 76.0 Å². The standard InChI is InChI=1S/C18H15FN2OS2/c1-12-6-7-13(8-16(12)19)21-18(22)15-4-2-3-5-17(15)24-10-14-9-23-11-20-14/h2-9,11H,10H2,1H3,(H,21,22). The zero-order chi connectivity index (χ0) is 16.9. The molecule has 0 bridgehead atoms. The molecule has 0 unspecified atom stereocenters. The number of hydrogen-bond donors (Lipinski definition) is 1. The number of amides is 1. The van der Waals surface area contributed by atoms with Crippen molar-refractivity contribution >= 4 is 34.7 Å². The summed E-state index contributed by atoms with van der Waals surface area (Å²) in [6.07, 6.45) is 0. The van der Waals surface area contributed by atoms with E-state index in [1.165, 1.54) is 6.07 Å². The van der Waals surface area contributed by atoms with E-state index in [0.29, 0.717) is 22.6 Å². The minimum atomic E-state index is -0.334. The maximum absolute atomic E-state index is 13.6. The highest BCUT2D eigenvalue weighted by Gasteiger charge is 2.12. The topological polar surface area (TPSA) is 42.0 Å². The van der Waals surface area contributed by atoms with Crippen LogP contribution in [0.15, 0.2) is 58.3 Å². The quantitative estimate of drug-likeness (QED) is 0.643. The van der Waals surface area contributed by atoms with Gasteiger partial charge in [-0.3, -0.25) is 4.79 Å². The molecule has 3 rings (SSSR count). The van der Waals surface area contributed by atoms with Gasteiger partial charge < -0.3 is 5.32 Å². The lowest BCUT2D eigenvalue weighted by Gasteiger charge is -2.10. The number of rotatable bonds is 5. The van der Waals surface area contributed by atoms with Gasteiger partial charge >= 0.3 is 0 Å². The molecule has 0 saturated carbocycles. The molecule has 0 aliphatic carbocycles. The van der Waals surface area contributed by atoms with Crippen LogP contribution in [0.5, 0.6) is 0 Å². The summed E-state index contributed by atoms with van der Waals surface area (Å²) < 4.78 is 13.6. The number of thiazole rings is 1. The molecule has 24 heavy (non-hydrogen) atoms. The number of aryl methyl sites for hydroxylation is 1. The zero-order valence-electron chi connectivity index (χ0n) is 13.0. The molecule has 2 aromatic carbocycles. The van der Waals surface area contributed by atoms with Gasteiger partial charge in [0, 0.05) is 21.7 Å². The second kappa shape index (κ2) is 7.59. The van der Waals surface area contributed by atoms with Gasteiger partial charge in [-0.15, -0.1) is 23.1 Å². The molecule has 0 aliphatic heterocycles. The maximum atomic E-state index is 13.6. The van der Waals surface area contributed by atoms with E-state index in [1.54, 1.807) is 53.7 Å². The highest BCUT2D eigenvalue weighted by molar-refractivity contribution is 7.98. The first-order chi connectivity index (χ1) is 11.6. The second-order valence-electron chi connectivity index (χ2n) is 5.18. The molecular formula is C18H15FN2OS2. The second-order valence-corrected chi connectivity index (χ2v) is 6.92. The molecule has 0 saturated heterocycles. The Morgan fingerprint density at radius 2 is 2.12 bits per heavy atom. The number of nitrogens with one attached hydrogen (secondary N) is 1. The van der Waals surface area contributed by atoms with Crippen LogP contribution in [-0.4, -0.2) is 10.9 Å². The van der Waals surface area contributed by atoms with E-state index in [0.717, 1.165) is 10.6 Å². The zero-order valence-corrected chi connectivity index (χ0v) is 14.6. The fourth-order valence-corrected chi connectivity index (χ4v) is 3.73. The number of halogens is 1. The van der Waals surface area contributed by atoms with Crippen molar-refractivity contribution < 1.29 is 9.18 Å². The van der Waals surface area contributed by atoms with Gasteiger partial charge in [0.2, 0.25) is 0 Å². The van der Waals surface area contributed by atoms with Crippen LogP contribution in [0.25, 0.3) is 0 Å². The lowest BCUT2D eigenvalue weighted by molar-refractivity contribution is 0.102. The van der Waals surface area contributed by atoms with Gasteiger partial charge in [-0.1, -0.05) is 18.2 Å². The van der Waals surface area contributed by atoms with Crippen LogP contribution in [0.3, 0.4) is 0 Å². The van der Waals surface area contributed by atoms with Crippen LogP contribution in [0.4, 0.5) is 10.1 Å². The number of anilines is 1. The van der Waals surface area contributed by atoms with Crippen molar-refractivity contribution in [3.63, 3.8) is 0 Å². The van der Waals surface area contributed by atoms with Crippen LogP contribution in [0, 0.1) is 12.7 Å². The summed E-state index contributed by atoms with van der Waals surface area (Å²) in [5.41, 5.74) is 4.34. The Balaban J connectivity index is 1.75. The summed E-state index contributed by atoms with van der Waals surface area (Å²) in [7, 11) is 0. The number of hydrogen-bond acceptors (Lipinski definition) is 4. The van der Waals surface area contributed by atoms with Crippen LogP contribution >= 0.6 is 23.1 Å². The molecule has 0 fully saturated rings. The summed E-state index contributed by atoms with van der Waals surface area (Å²) in [5.74, 6) is 0.117. The Hall–Kier alpha value is -2.18. The summed E-state index contributed by atoms with van der Waals surface area (Å²) in [6.45, 7) is 1.69. The Morgan fingerprint density at radius 1 is 1.29 bits per heavy atom. The van der Waals surface area contributed by atoms with Gasteiger partial charge in [0.25, 0.3) is 5.91 Å². The first kappa shape index (κ1) is 16.7. The molecule has 0 aliphatic rings. The van der Waals surface area contributed by atoms with Gasteiger partial charge in [-0.2, -0.15) is 0 Å². The average molecular weight is 358 g/mol. The molecule has 1 N–H and O–H groups in total. The SMILES string of the molecule is Cc1ccc(NC(=O)c2ccccc2SCc2cscn2)cc1F. The fourth-order valence-electron chi connectivity index (χ4n) is 2.11. The summed E-state index contributed by atoms with van der Waals surface area (Å²) >= 11 is 3.11. The molecular weight excluding hydrogens is 343 g/mol. The number of carbonyl (C=O) groups is 1. The van der Waals surface area contributed by atoms with Crippen LogP contribution in [0.2, 0.25) is 0 Å². The Kier molecular flexibility index (Phi) is 5.27. The van der Waals surface area contributed by atoms with Gasteiger partial charge in [-0.05, 0) is 36.8 Å². The minimum absolute atomic E-state index is 0.250. The predicted molar refractivity (Wildman–Crippen MR) is 97.2 cm³/mol. The third-order valence-electron chi connectivity index (χ3n) is 3.42. The minimum Gasteiger partial charge on any atom is -0.322 e. The first-order valence-electron chi connectivity index (χ1n) is 7.30. The molecule has 6 heteroatoms. The van der Waals surface area contributed by atoms with Crippen molar-refractivity contribution in [1.82, 2.24) is 4.98 Å². The number of carbonyl (C=O) groups excluding carboxylic acids is 1. The Labute approximate surface area is 148 Å². The summed E-state index contributed by atoms with van der Waals surface area (Å²) in [4.78, 5) is 17.6. The molecule has 0 radical (unpaired) electrons. The maximum Gasteiger partial charge on any atom is 0.256 e. The molecule has 1 amide bonds. The normalized spacial score (nSPS) is 10.6.